The Hall–Kier alpha value is -1.57. The van der Waals surface area contributed by atoms with Crippen LogP contribution in [0.2, 0.25) is 0 Å². The van der Waals surface area contributed by atoms with Gasteiger partial charge in [-0.3, -0.25) is 4.48 Å². The minimum Gasteiger partial charge on any atom is -0.288 e. The Kier molecular flexibility index (Phi) is 5.28. The molecule has 4 heteroatoms. The van der Waals surface area contributed by atoms with Gasteiger partial charge in [-0.2, -0.15) is 15.8 Å². The molecule has 0 heterocycles. The summed E-state index contributed by atoms with van der Waals surface area (Å²) in [5.41, 5.74) is 0. The van der Waals surface area contributed by atoms with Crippen molar-refractivity contribution >= 4 is 0 Å². The van der Waals surface area contributed by atoms with Crippen LogP contribution in [0.15, 0.2) is 0 Å². The molecular weight excluding hydrogens is 164 g/mol. The summed E-state index contributed by atoms with van der Waals surface area (Å²) in [5.74, 6) is 0. The van der Waals surface area contributed by atoms with Crippen LogP contribution in [0.25, 0.3) is 0 Å². The molecule has 0 aromatic carbocycles. The summed E-state index contributed by atoms with van der Waals surface area (Å²) in [5, 5.41) is 25.8. The fourth-order valence-corrected chi connectivity index (χ4v) is 1.33. The molecule has 0 rings (SSSR count). The largest absolute Gasteiger partial charge is 0.288 e. The summed E-state index contributed by atoms with van der Waals surface area (Å²) in [4.78, 5) is 0. The molecule has 0 unspecified atom stereocenters. The maximum Gasteiger partial charge on any atom is 0.168 e. The van der Waals surface area contributed by atoms with Gasteiger partial charge < -0.3 is 0 Å². The van der Waals surface area contributed by atoms with Crippen LogP contribution in [0.3, 0.4) is 0 Å². The highest BCUT2D eigenvalue weighted by atomic mass is 15.3. The summed E-state index contributed by atoms with van der Waals surface area (Å²) < 4.78 is 0.292. The van der Waals surface area contributed by atoms with Gasteiger partial charge in [0.05, 0.1) is 6.54 Å². The van der Waals surface area contributed by atoms with Gasteiger partial charge in [-0.15, -0.1) is 0 Å². The lowest BCUT2D eigenvalue weighted by molar-refractivity contribution is -0.908. The molecule has 4 nitrogen and oxygen atoms in total. The van der Waals surface area contributed by atoms with Crippen molar-refractivity contribution in [3.8, 4) is 18.2 Å². The maximum atomic E-state index is 8.60. The maximum absolute atomic E-state index is 8.60. The SMILES string of the molecule is CCC[N+](CC#N)(CC#N)CC#N. The third-order valence-corrected chi connectivity index (χ3v) is 1.92. The first kappa shape index (κ1) is 11.4. The van der Waals surface area contributed by atoms with Gasteiger partial charge in [0.2, 0.25) is 0 Å². The molecule has 0 saturated carbocycles. The van der Waals surface area contributed by atoms with Gasteiger partial charge in [-0.25, -0.2) is 0 Å². The molecule has 0 radical (unpaired) electrons. The molecule has 0 fully saturated rings. The molecule has 0 aliphatic rings. The minimum absolute atomic E-state index is 0.245. The summed E-state index contributed by atoms with van der Waals surface area (Å²) in [6, 6.07) is 6.10. The van der Waals surface area contributed by atoms with Crippen molar-refractivity contribution in [1.29, 1.82) is 15.8 Å². The lowest BCUT2D eigenvalue weighted by Crippen LogP contribution is -2.49. The zero-order chi connectivity index (χ0) is 10.2. The van der Waals surface area contributed by atoms with Gasteiger partial charge in [-0.1, -0.05) is 6.92 Å². The monoisotopic (exact) mass is 177 g/mol. The number of nitriles is 3. The second kappa shape index (κ2) is 6.00. The third-order valence-electron chi connectivity index (χ3n) is 1.92. The molecule has 0 saturated heterocycles. The lowest BCUT2D eigenvalue weighted by atomic mass is 10.3. The van der Waals surface area contributed by atoms with Crippen LogP contribution in [0.4, 0.5) is 0 Å². The number of nitrogens with zero attached hydrogens (tertiary/aromatic N) is 4. The lowest BCUT2D eigenvalue weighted by Gasteiger charge is -2.30. The van der Waals surface area contributed by atoms with Crippen molar-refractivity contribution < 1.29 is 4.48 Å². The van der Waals surface area contributed by atoms with Crippen molar-refractivity contribution in [2.75, 3.05) is 26.2 Å². The fraction of sp³-hybridized carbons (Fsp3) is 0.667. The molecular formula is C9H13N4+. The Morgan fingerprint density at radius 3 is 1.54 bits per heavy atom. The Morgan fingerprint density at radius 1 is 0.923 bits per heavy atom. The van der Waals surface area contributed by atoms with Gasteiger partial charge >= 0.3 is 0 Å². The molecule has 0 aromatic heterocycles. The minimum atomic E-state index is 0.245. The smallest absolute Gasteiger partial charge is 0.168 e. The molecule has 68 valence electrons. The van der Waals surface area contributed by atoms with E-state index in [2.05, 4.69) is 0 Å². The van der Waals surface area contributed by atoms with E-state index in [1.54, 1.807) is 0 Å². The van der Waals surface area contributed by atoms with Crippen molar-refractivity contribution in [2.24, 2.45) is 0 Å². The first-order valence-corrected chi connectivity index (χ1v) is 4.20. The molecule has 0 aliphatic heterocycles. The van der Waals surface area contributed by atoms with E-state index in [4.69, 9.17) is 15.8 Å². The number of hydrogen-bond acceptors (Lipinski definition) is 3. The summed E-state index contributed by atoms with van der Waals surface area (Å²) in [6.07, 6.45) is 0.880. The van der Waals surface area contributed by atoms with Crippen LogP contribution in [-0.4, -0.2) is 30.7 Å². The quantitative estimate of drug-likeness (QED) is 0.460. The van der Waals surface area contributed by atoms with Crippen LogP contribution >= 0.6 is 0 Å². The average molecular weight is 177 g/mol. The second-order valence-electron chi connectivity index (χ2n) is 3.01. The van der Waals surface area contributed by atoms with Gasteiger partial charge in [0, 0.05) is 0 Å². The predicted octanol–water partition coefficient (Wildman–Crippen LogP) is 0.784. The van der Waals surface area contributed by atoms with E-state index in [0.717, 1.165) is 6.42 Å². The molecule has 0 aliphatic carbocycles. The van der Waals surface area contributed by atoms with Crippen molar-refractivity contribution in [2.45, 2.75) is 13.3 Å². The first-order chi connectivity index (χ1) is 6.24. The number of quaternary nitrogens is 1. The van der Waals surface area contributed by atoms with Crippen LogP contribution in [0, 0.1) is 34.0 Å². The molecule has 13 heavy (non-hydrogen) atoms. The van der Waals surface area contributed by atoms with Gasteiger partial charge in [0.15, 0.2) is 19.6 Å². The molecule has 0 spiro atoms. The highest BCUT2D eigenvalue weighted by Gasteiger charge is 2.25. The van der Waals surface area contributed by atoms with Crippen molar-refractivity contribution in [1.82, 2.24) is 0 Å². The second-order valence-corrected chi connectivity index (χ2v) is 3.01. The van der Waals surface area contributed by atoms with Crippen molar-refractivity contribution in [3.05, 3.63) is 0 Å². The van der Waals surface area contributed by atoms with E-state index in [0.29, 0.717) is 11.0 Å². The van der Waals surface area contributed by atoms with E-state index < -0.39 is 0 Å². The highest BCUT2D eigenvalue weighted by Crippen LogP contribution is 2.06. The summed E-state index contributed by atoms with van der Waals surface area (Å²) >= 11 is 0. The van der Waals surface area contributed by atoms with Gasteiger partial charge in [0.25, 0.3) is 0 Å². The molecule has 0 N–H and O–H groups in total. The zero-order valence-corrected chi connectivity index (χ0v) is 7.82. The zero-order valence-electron chi connectivity index (χ0n) is 7.82. The summed E-state index contributed by atoms with van der Waals surface area (Å²) in [7, 11) is 0. The molecule has 0 amide bonds. The summed E-state index contributed by atoms with van der Waals surface area (Å²) in [6.45, 7) is 3.44. The Morgan fingerprint density at radius 2 is 1.31 bits per heavy atom. The highest BCUT2D eigenvalue weighted by molar-refractivity contribution is 4.80. The first-order valence-electron chi connectivity index (χ1n) is 4.20. The van der Waals surface area contributed by atoms with Crippen LogP contribution in [-0.2, 0) is 0 Å². The number of rotatable bonds is 5. The molecule has 0 aromatic rings. The van der Waals surface area contributed by atoms with Gasteiger partial charge in [0.1, 0.15) is 18.2 Å². The van der Waals surface area contributed by atoms with Crippen LogP contribution in [0.1, 0.15) is 13.3 Å². The predicted molar refractivity (Wildman–Crippen MR) is 46.9 cm³/mol. The third kappa shape index (κ3) is 3.56. The molecule has 0 atom stereocenters. The number of hydrogen-bond donors (Lipinski definition) is 0. The Bertz CT molecular complexity index is 222. The Balaban J connectivity index is 4.53. The van der Waals surface area contributed by atoms with Gasteiger partial charge in [-0.05, 0) is 6.42 Å². The van der Waals surface area contributed by atoms with E-state index in [-0.39, 0.29) is 19.6 Å². The van der Waals surface area contributed by atoms with Crippen molar-refractivity contribution in [3.63, 3.8) is 0 Å². The van der Waals surface area contributed by atoms with E-state index in [1.807, 2.05) is 25.1 Å². The topological polar surface area (TPSA) is 71.4 Å². The van der Waals surface area contributed by atoms with E-state index >= 15 is 0 Å². The van der Waals surface area contributed by atoms with Crippen LogP contribution < -0.4 is 0 Å². The standard InChI is InChI=1S/C9H13N4/c1-2-6-13(7-3-10,8-4-11)9-5-12/h2,6-9H2,1H3/q+1. The van der Waals surface area contributed by atoms with E-state index in [9.17, 15) is 0 Å². The van der Waals surface area contributed by atoms with Crippen LogP contribution in [0.5, 0.6) is 0 Å². The average Bonchev–Trinajstić information content (AvgIpc) is 2.06. The van der Waals surface area contributed by atoms with E-state index in [1.165, 1.54) is 0 Å². The normalized spacial score (nSPS) is 9.69. The Labute approximate surface area is 78.8 Å². The fourth-order valence-electron chi connectivity index (χ4n) is 1.33. The molecule has 0 bridgehead atoms.